The molecular formula is C31H36N4O4S2. The lowest BCUT2D eigenvalue weighted by atomic mass is 9.49. The van der Waals surface area contributed by atoms with Crippen molar-refractivity contribution in [2.45, 2.75) is 56.6 Å². The Morgan fingerprint density at radius 2 is 1.80 bits per heavy atom. The second kappa shape index (κ2) is 11.6. The summed E-state index contributed by atoms with van der Waals surface area (Å²) in [6.07, 6.45) is 11.0. The molecule has 4 bridgehead atoms. The normalized spacial score (nSPS) is 24.3. The van der Waals surface area contributed by atoms with Gasteiger partial charge in [-0.1, -0.05) is 30.0 Å². The highest BCUT2D eigenvalue weighted by Crippen LogP contribution is 2.61. The average molecular weight is 593 g/mol. The number of benzene rings is 1. The lowest BCUT2D eigenvalue weighted by Crippen LogP contribution is -2.47. The maximum atomic E-state index is 13.1. The monoisotopic (exact) mass is 592 g/mol. The van der Waals surface area contributed by atoms with Gasteiger partial charge in [0.15, 0.2) is 5.16 Å². The number of thioether (sulfide) groups is 1. The number of rotatable bonds is 11. The summed E-state index contributed by atoms with van der Waals surface area (Å²) in [5.41, 5.74) is 2.23. The summed E-state index contributed by atoms with van der Waals surface area (Å²) in [6.45, 7) is 4.56. The van der Waals surface area contributed by atoms with E-state index in [-0.39, 0.29) is 11.7 Å². The van der Waals surface area contributed by atoms with Crippen LogP contribution in [0.3, 0.4) is 0 Å². The van der Waals surface area contributed by atoms with Crippen molar-refractivity contribution in [2.75, 3.05) is 25.3 Å². The molecule has 0 radical (unpaired) electrons. The quantitative estimate of drug-likeness (QED) is 0.155. The molecule has 4 aliphatic carbocycles. The van der Waals surface area contributed by atoms with Gasteiger partial charge in [-0.15, -0.1) is 28.1 Å². The van der Waals surface area contributed by atoms with Gasteiger partial charge in [0.05, 0.1) is 20.0 Å². The van der Waals surface area contributed by atoms with Crippen LogP contribution in [0.1, 0.15) is 54.7 Å². The topological polar surface area (TPSA) is 95.3 Å². The number of aromatic nitrogens is 3. The number of carbonyl (C=O) groups excluding carboxylic acids is 2. The molecule has 3 aromatic rings. The van der Waals surface area contributed by atoms with Crippen LogP contribution in [0, 0.1) is 23.2 Å². The number of hydrogen-bond donors (Lipinski definition) is 1. The molecule has 1 N–H and O–H groups in total. The van der Waals surface area contributed by atoms with Crippen molar-refractivity contribution in [3.05, 3.63) is 53.7 Å². The van der Waals surface area contributed by atoms with E-state index in [9.17, 15) is 9.59 Å². The van der Waals surface area contributed by atoms with E-state index in [0.717, 1.165) is 46.5 Å². The van der Waals surface area contributed by atoms with Crippen molar-refractivity contribution in [1.29, 1.82) is 0 Å². The van der Waals surface area contributed by atoms with Crippen molar-refractivity contribution < 1.29 is 19.1 Å². The van der Waals surface area contributed by atoms with E-state index >= 15 is 0 Å². The summed E-state index contributed by atoms with van der Waals surface area (Å²) >= 11 is 2.66. The number of ether oxygens (including phenoxy) is 2. The summed E-state index contributed by atoms with van der Waals surface area (Å²) in [5, 5.41) is 15.1. The van der Waals surface area contributed by atoms with Gasteiger partial charge in [0.2, 0.25) is 5.91 Å². The van der Waals surface area contributed by atoms with Gasteiger partial charge in [0.1, 0.15) is 22.1 Å². The molecule has 7 rings (SSSR count). The van der Waals surface area contributed by atoms with Gasteiger partial charge in [-0.2, -0.15) is 0 Å². The summed E-state index contributed by atoms with van der Waals surface area (Å²) in [5.74, 6) is 3.79. The van der Waals surface area contributed by atoms with E-state index in [1.54, 1.807) is 7.11 Å². The number of methoxy groups -OCH3 is 2. The first kappa shape index (κ1) is 28.0. The minimum atomic E-state index is -0.500. The first-order valence-corrected chi connectivity index (χ1v) is 16.1. The third-order valence-corrected chi connectivity index (χ3v) is 10.8. The van der Waals surface area contributed by atoms with E-state index in [4.69, 9.17) is 9.47 Å². The minimum absolute atomic E-state index is 0.142. The zero-order valence-corrected chi connectivity index (χ0v) is 25.2. The maximum absolute atomic E-state index is 13.1. The first-order chi connectivity index (χ1) is 19.9. The van der Waals surface area contributed by atoms with E-state index in [0.29, 0.717) is 28.1 Å². The highest BCUT2D eigenvalue weighted by atomic mass is 32.2. The van der Waals surface area contributed by atoms with Crippen LogP contribution in [0.25, 0.3) is 11.1 Å². The zero-order valence-electron chi connectivity index (χ0n) is 23.6. The molecule has 0 saturated heterocycles. The summed E-state index contributed by atoms with van der Waals surface area (Å²) in [4.78, 5) is 25.8. The second-order valence-electron chi connectivity index (χ2n) is 11.8. The molecule has 10 heteroatoms. The van der Waals surface area contributed by atoms with Crippen molar-refractivity contribution in [3.63, 3.8) is 0 Å². The number of hydrogen-bond acceptors (Lipinski definition) is 8. The highest BCUT2D eigenvalue weighted by molar-refractivity contribution is 7.99. The van der Waals surface area contributed by atoms with Gasteiger partial charge in [0.25, 0.3) is 0 Å². The highest BCUT2D eigenvalue weighted by Gasteiger charge is 2.51. The van der Waals surface area contributed by atoms with Gasteiger partial charge >= 0.3 is 5.97 Å². The Kier molecular flexibility index (Phi) is 7.96. The molecule has 4 aliphatic rings. The van der Waals surface area contributed by atoms with Crippen molar-refractivity contribution in [1.82, 2.24) is 14.8 Å². The summed E-state index contributed by atoms with van der Waals surface area (Å²) in [7, 11) is 2.95. The molecule has 8 nitrogen and oxygen atoms in total. The van der Waals surface area contributed by atoms with Crippen LogP contribution in [0.4, 0.5) is 5.00 Å². The largest absolute Gasteiger partial charge is 0.497 e. The predicted molar refractivity (Wildman–Crippen MR) is 162 cm³/mol. The number of carbonyl (C=O) groups is 2. The van der Waals surface area contributed by atoms with E-state index in [1.165, 1.54) is 68.7 Å². The molecule has 1 amide bonds. The second-order valence-corrected chi connectivity index (χ2v) is 13.6. The summed E-state index contributed by atoms with van der Waals surface area (Å²) in [6, 6.07) is 7.42. The molecular weight excluding hydrogens is 556 g/mol. The number of nitrogens with zero attached hydrogens (tertiary/aromatic N) is 3. The van der Waals surface area contributed by atoms with Crippen LogP contribution in [-0.4, -0.2) is 46.6 Å². The third-order valence-electron chi connectivity index (χ3n) is 8.97. The summed E-state index contributed by atoms with van der Waals surface area (Å²) < 4.78 is 12.4. The fraction of sp³-hybridized carbons (Fsp3) is 0.484. The fourth-order valence-electron chi connectivity index (χ4n) is 7.74. The van der Waals surface area contributed by atoms with Crippen molar-refractivity contribution in [2.24, 2.45) is 23.2 Å². The van der Waals surface area contributed by atoms with Gasteiger partial charge in [-0.3, -0.25) is 4.79 Å². The third kappa shape index (κ3) is 5.68. The fourth-order valence-corrected chi connectivity index (χ4v) is 9.48. The van der Waals surface area contributed by atoms with Crippen LogP contribution < -0.4 is 10.1 Å². The van der Waals surface area contributed by atoms with Crippen LogP contribution in [0.5, 0.6) is 5.75 Å². The van der Waals surface area contributed by atoms with Gasteiger partial charge in [-0.05, 0) is 79.4 Å². The molecule has 4 saturated carbocycles. The number of esters is 1. The Hall–Kier alpha value is -3.11. The van der Waals surface area contributed by atoms with E-state index in [2.05, 4.69) is 26.7 Å². The number of thiophene rings is 1. The molecule has 1 aromatic carbocycles. The lowest BCUT2D eigenvalue weighted by molar-refractivity contribution is -0.113. The van der Waals surface area contributed by atoms with Crippen LogP contribution in [0.2, 0.25) is 0 Å². The first-order valence-electron chi connectivity index (χ1n) is 14.2. The van der Waals surface area contributed by atoms with Crippen LogP contribution in [-0.2, 0) is 22.5 Å². The molecule has 216 valence electrons. The standard InChI is InChI=1S/C31H36N4O4S2/c1-4-9-35-25(16-31-13-19-10-20(14-31)12-21(11-19)15-31)33-34-30(35)41-18-26(36)32-28-27(29(37)39-3)24(17-40-28)22-5-7-23(38-2)8-6-22/h4-8,17,19-21H,1,9-16,18H2,2-3H3,(H,32,36). The van der Waals surface area contributed by atoms with Crippen LogP contribution in [0.15, 0.2) is 47.5 Å². The van der Waals surface area contributed by atoms with E-state index in [1.807, 2.05) is 35.7 Å². The SMILES string of the molecule is C=CCn1c(CC23CC4CC(CC(C4)C2)C3)nnc1SCC(=O)Nc1scc(-c2ccc(OC)cc2)c1C(=O)OC. The molecule has 2 heterocycles. The Morgan fingerprint density at radius 3 is 2.41 bits per heavy atom. The number of amides is 1. The molecule has 4 fully saturated rings. The zero-order chi connectivity index (χ0) is 28.6. The Morgan fingerprint density at radius 1 is 1.12 bits per heavy atom. The van der Waals surface area contributed by atoms with Crippen molar-refractivity contribution in [3.8, 4) is 16.9 Å². The molecule has 0 aliphatic heterocycles. The van der Waals surface area contributed by atoms with Crippen LogP contribution >= 0.6 is 23.1 Å². The Balaban J connectivity index is 1.15. The van der Waals surface area contributed by atoms with Gasteiger partial charge < -0.3 is 19.4 Å². The molecule has 0 spiro atoms. The van der Waals surface area contributed by atoms with E-state index < -0.39 is 5.97 Å². The predicted octanol–water partition coefficient (Wildman–Crippen LogP) is 6.48. The minimum Gasteiger partial charge on any atom is -0.497 e. The van der Waals surface area contributed by atoms with Gasteiger partial charge in [0, 0.05) is 23.9 Å². The molecule has 0 atom stereocenters. The maximum Gasteiger partial charge on any atom is 0.341 e. The Labute approximate surface area is 248 Å². The van der Waals surface area contributed by atoms with Crippen molar-refractivity contribution >= 4 is 40.0 Å². The molecule has 0 unspecified atom stereocenters. The molecule has 41 heavy (non-hydrogen) atoms. The molecule has 2 aromatic heterocycles. The lowest BCUT2D eigenvalue weighted by Gasteiger charge is -2.56. The van der Waals surface area contributed by atoms with Gasteiger partial charge in [-0.25, -0.2) is 4.79 Å². The average Bonchev–Trinajstić information content (AvgIpc) is 3.54. The number of nitrogens with one attached hydrogen (secondary N) is 1. The number of allylic oxidation sites excluding steroid dienone is 1. The Bertz CT molecular complexity index is 1410. The smallest absolute Gasteiger partial charge is 0.341 e. The number of anilines is 1.